The molecule has 0 saturated heterocycles. The quantitative estimate of drug-likeness (QED) is 0.378. The molecule has 4 heteroatoms. The van der Waals surface area contributed by atoms with Crippen molar-refractivity contribution in [1.82, 2.24) is 0 Å². The van der Waals surface area contributed by atoms with Crippen LogP contribution in [0.25, 0.3) is 0 Å². The van der Waals surface area contributed by atoms with E-state index in [9.17, 15) is 9.59 Å². The molecule has 0 aliphatic heterocycles. The Labute approximate surface area is 201 Å². The van der Waals surface area contributed by atoms with Gasteiger partial charge >= 0.3 is 5.97 Å². The molecule has 0 bridgehead atoms. The van der Waals surface area contributed by atoms with Crippen LogP contribution in [0, 0.1) is 16.7 Å². The number of benzene rings is 2. The first-order valence-corrected chi connectivity index (χ1v) is 12.3. The van der Waals surface area contributed by atoms with Gasteiger partial charge in [0.2, 0.25) is 0 Å². The standard InChI is InChI=1S/C30H32O4/c1-21(31)33-18-6-15-30-17-14-28(32)29(30,2)16-13-26-25-11-10-24(19-23(25)9-12-27(26)30)34-20-22-7-4-3-5-8-22/h3-8,10-11,14,17-19,26-27H,9,12-13,15-16,20H2,1-2H3/t26-,27-,29-,30-/m1/s1. The highest BCUT2D eigenvalue weighted by Gasteiger charge is 2.61. The van der Waals surface area contributed by atoms with E-state index in [1.54, 1.807) is 6.08 Å². The highest BCUT2D eigenvalue weighted by Crippen LogP contribution is 2.66. The first kappa shape index (κ1) is 22.6. The van der Waals surface area contributed by atoms with Crippen molar-refractivity contribution in [3.8, 4) is 5.75 Å². The summed E-state index contributed by atoms with van der Waals surface area (Å²) in [4.78, 5) is 24.2. The maximum atomic E-state index is 13.0. The SMILES string of the molecule is CC(=O)OC=CC[C@]12C=CC(=O)[C@@]1(C)CC[C@@H]1c3ccc(OCc4ccccc4)cc3CC[C@H]12. The van der Waals surface area contributed by atoms with Crippen molar-refractivity contribution in [3.63, 3.8) is 0 Å². The van der Waals surface area contributed by atoms with Gasteiger partial charge in [-0.3, -0.25) is 9.59 Å². The number of allylic oxidation sites excluding steroid dienone is 3. The third-order valence-electron chi connectivity index (χ3n) is 8.48. The predicted octanol–water partition coefficient (Wildman–Crippen LogP) is 6.30. The molecule has 5 rings (SSSR count). The molecule has 0 heterocycles. The van der Waals surface area contributed by atoms with Crippen molar-refractivity contribution in [2.24, 2.45) is 16.7 Å². The van der Waals surface area contributed by atoms with Crippen LogP contribution in [0.5, 0.6) is 5.75 Å². The number of rotatable bonds is 6. The van der Waals surface area contributed by atoms with Crippen molar-refractivity contribution >= 4 is 11.8 Å². The zero-order valence-electron chi connectivity index (χ0n) is 20.0. The van der Waals surface area contributed by atoms with Crippen LogP contribution in [0.4, 0.5) is 0 Å². The number of aryl methyl sites for hydroxylation is 1. The number of esters is 1. The third kappa shape index (κ3) is 3.79. The second kappa shape index (κ2) is 8.90. The summed E-state index contributed by atoms with van der Waals surface area (Å²) in [5, 5.41) is 0. The molecular formula is C30H32O4. The molecule has 4 nitrogen and oxygen atoms in total. The van der Waals surface area contributed by atoms with E-state index in [-0.39, 0.29) is 17.2 Å². The molecule has 0 radical (unpaired) electrons. The lowest BCUT2D eigenvalue weighted by Crippen LogP contribution is -2.51. The minimum Gasteiger partial charge on any atom is -0.489 e. The Hall–Kier alpha value is -3.14. The molecule has 3 aliphatic rings. The average Bonchev–Trinajstić information content (AvgIpc) is 3.11. The van der Waals surface area contributed by atoms with Gasteiger partial charge in [-0.25, -0.2) is 0 Å². The summed E-state index contributed by atoms with van der Waals surface area (Å²) < 4.78 is 11.1. The Morgan fingerprint density at radius 3 is 2.76 bits per heavy atom. The largest absolute Gasteiger partial charge is 0.489 e. The van der Waals surface area contributed by atoms with Gasteiger partial charge in [0.25, 0.3) is 0 Å². The summed E-state index contributed by atoms with van der Waals surface area (Å²) in [6.07, 6.45) is 12.0. The minimum atomic E-state index is -0.398. The van der Waals surface area contributed by atoms with Crippen LogP contribution < -0.4 is 4.74 Å². The fourth-order valence-electron chi connectivity index (χ4n) is 6.68. The van der Waals surface area contributed by atoms with E-state index in [4.69, 9.17) is 9.47 Å². The number of ketones is 1. The van der Waals surface area contributed by atoms with Crippen LogP contribution in [-0.4, -0.2) is 11.8 Å². The van der Waals surface area contributed by atoms with Gasteiger partial charge in [-0.05, 0) is 84.9 Å². The monoisotopic (exact) mass is 456 g/mol. The molecule has 1 saturated carbocycles. The number of carbonyl (C=O) groups excluding carboxylic acids is 2. The van der Waals surface area contributed by atoms with Gasteiger partial charge in [-0.1, -0.05) is 49.4 Å². The number of fused-ring (bicyclic) bond motifs is 5. The van der Waals surface area contributed by atoms with Gasteiger partial charge in [-0.15, -0.1) is 0 Å². The fraction of sp³-hybridized carbons (Fsp3) is 0.400. The second-order valence-corrected chi connectivity index (χ2v) is 10.2. The van der Waals surface area contributed by atoms with Gasteiger partial charge < -0.3 is 9.47 Å². The Morgan fingerprint density at radius 1 is 1.15 bits per heavy atom. The van der Waals surface area contributed by atoms with Crippen LogP contribution in [0.3, 0.4) is 0 Å². The summed E-state index contributed by atoms with van der Waals surface area (Å²) in [5.41, 5.74) is 3.29. The Bertz CT molecular complexity index is 1150. The van der Waals surface area contributed by atoms with Crippen LogP contribution in [-0.2, 0) is 27.4 Å². The summed E-state index contributed by atoms with van der Waals surface area (Å²) in [5.74, 6) is 1.61. The van der Waals surface area contributed by atoms with Crippen molar-refractivity contribution < 1.29 is 19.1 Å². The number of hydrogen-bond acceptors (Lipinski definition) is 4. The molecule has 0 spiro atoms. The van der Waals surface area contributed by atoms with E-state index in [0.717, 1.165) is 37.0 Å². The zero-order chi connectivity index (χ0) is 23.8. The molecule has 2 aromatic rings. The summed E-state index contributed by atoms with van der Waals surface area (Å²) in [7, 11) is 0. The van der Waals surface area contributed by atoms with Gasteiger partial charge in [0.15, 0.2) is 5.78 Å². The molecule has 0 aromatic heterocycles. The van der Waals surface area contributed by atoms with Crippen molar-refractivity contribution in [3.05, 3.63) is 89.7 Å². The van der Waals surface area contributed by atoms with E-state index in [2.05, 4.69) is 43.3 Å². The lowest BCUT2D eigenvalue weighted by molar-refractivity contribution is -0.136. The summed E-state index contributed by atoms with van der Waals surface area (Å²) >= 11 is 0. The number of ether oxygens (including phenoxy) is 2. The van der Waals surface area contributed by atoms with Crippen LogP contribution in [0.1, 0.15) is 62.1 Å². The van der Waals surface area contributed by atoms with Crippen LogP contribution in [0.15, 0.2) is 73.0 Å². The molecule has 3 aliphatic carbocycles. The van der Waals surface area contributed by atoms with Crippen LogP contribution in [0.2, 0.25) is 0 Å². The fourth-order valence-corrected chi connectivity index (χ4v) is 6.68. The molecule has 0 unspecified atom stereocenters. The topological polar surface area (TPSA) is 52.6 Å². The normalized spacial score (nSPS) is 29.4. The molecule has 0 amide bonds. The van der Waals surface area contributed by atoms with E-state index in [1.807, 2.05) is 24.3 Å². The van der Waals surface area contributed by atoms with Crippen molar-refractivity contribution in [2.75, 3.05) is 0 Å². The molecule has 2 aromatic carbocycles. The molecule has 176 valence electrons. The smallest absolute Gasteiger partial charge is 0.307 e. The third-order valence-corrected chi connectivity index (χ3v) is 8.48. The van der Waals surface area contributed by atoms with Crippen LogP contribution >= 0.6 is 0 Å². The Balaban J connectivity index is 1.40. The van der Waals surface area contributed by atoms with E-state index >= 15 is 0 Å². The van der Waals surface area contributed by atoms with Gasteiger partial charge in [0.05, 0.1) is 6.26 Å². The average molecular weight is 457 g/mol. The number of hydrogen-bond donors (Lipinski definition) is 0. The maximum Gasteiger partial charge on any atom is 0.307 e. The zero-order valence-corrected chi connectivity index (χ0v) is 20.0. The molecule has 34 heavy (non-hydrogen) atoms. The van der Waals surface area contributed by atoms with Crippen molar-refractivity contribution in [2.45, 2.75) is 58.5 Å². The molecule has 4 atom stereocenters. The molecular weight excluding hydrogens is 424 g/mol. The Morgan fingerprint density at radius 2 is 1.97 bits per heavy atom. The lowest BCUT2D eigenvalue weighted by Gasteiger charge is -2.56. The van der Waals surface area contributed by atoms with Gasteiger partial charge in [0.1, 0.15) is 12.4 Å². The van der Waals surface area contributed by atoms with E-state index in [1.165, 1.54) is 24.3 Å². The first-order valence-electron chi connectivity index (χ1n) is 12.3. The summed E-state index contributed by atoms with van der Waals surface area (Å²) in [6, 6.07) is 16.8. The minimum absolute atomic E-state index is 0.238. The Kier molecular flexibility index (Phi) is 5.93. The second-order valence-electron chi connectivity index (χ2n) is 10.2. The van der Waals surface area contributed by atoms with E-state index < -0.39 is 5.41 Å². The maximum absolute atomic E-state index is 13.0. The van der Waals surface area contributed by atoms with Crippen molar-refractivity contribution in [1.29, 1.82) is 0 Å². The molecule has 0 N–H and O–H groups in total. The lowest BCUT2D eigenvalue weighted by atomic mass is 9.46. The van der Waals surface area contributed by atoms with Gasteiger partial charge in [0, 0.05) is 17.8 Å². The predicted molar refractivity (Wildman–Crippen MR) is 131 cm³/mol. The summed E-state index contributed by atoms with van der Waals surface area (Å²) in [6.45, 7) is 4.11. The highest BCUT2D eigenvalue weighted by molar-refractivity contribution is 5.98. The van der Waals surface area contributed by atoms with E-state index in [0.29, 0.717) is 24.9 Å². The van der Waals surface area contributed by atoms with Gasteiger partial charge in [-0.2, -0.15) is 0 Å². The first-order chi connectivity index (χ1) is 16.4. The highest BCUT2D eigenvalue weighted by atomic mass is 16.5. The number of carbonyl (C=O) groups is 2. The molecule has 1 fully saturated rings.